The average Bonchev–Trinajstić information content (AvgIpc) is 3.01. The minimum Gasteiger partial charge on any atom is -0.371 e. The van der Waals surface area contributed by atoms with Crippen LogP contribution in [0.1, 0.15) is 17.4 Å². The Labute approximate surface area is 156 Å². The Morgan fingerprint density at radius 1 is 1.27 bits per heavy atom. The van der Waals surface area contributed by atoms with E-state index in [1.807, 2.05) is 25.1 Å². The Kier molecular flexibility index (Phi) is 4.48. The van der Waals surface area contributed by atoms with Gasteiger partial charge in [-0.15, -0.1) is 0 Å². The number of nitrogens with zero attached hydrogens (tertiary/aromatic N) is 2. The van der Waals surface area contributed by atoms with E-state index in [2.05, 4.69) is 14.3 Å². The first-order valence-electron chi connectivity index (χ1n) is 8.25. The van der Waals surface area contributed by atoms with Crippen molar-refractivity contribution in [3.05, 3.63) is 58.9 Å². The number of ether oxygens (including phenoxy) is 1. The van der Waals surface area contributed by atoms with Crippen molar-refractivity contribution in [3.63, 3.8) is 0 Å². The van der Waals surface area contributed by atoms with E-state index in [9.17, 15) is 8.42 Å². The van der Waals surface area contributed by atoms with Crippen molar-refractivity contribution in [1.82, 2.24) is 14.3 Å². The van der Waals surface area contributed by atoms with E-state index in [1.54, 1.807) is 12.1 Å². The molecule has 136 valence electrons. The molecule has 0 saturated carbocycles. The van der Waals surface area contributed by atoms with E-state index in [0.717, 1.165) is 22.4 Å². The van der Waals surface area contributed by atoms with E-state index in [-0.39, 0.29) is 17.5 Å². The maximum atomic E-state index is 12.5. The lowest BCUT2D eigenvalue weighted by molar-refractivity contribution is 0.0581. The summed E-state index contributed by atoms with van der Waals surface area (Å²) in [7, 11) is -3.62. The van der Waals surface area contributed by atoms with Crippen LogP contribution in [0.4, 0.5) is 0 Å². The average molecular weight is 392 g/mol. The SMILES string of the molecule is Cc1cccc2c1nc1n2[C@@H](CNS(=O)(=O)c2ccc(Cl)cc2)COC1. The summed E-state index contributed by atoms with van der Waals surface area (Å²) in [6, 6.07) is 11.9. The zero-order chi connectivity index (χ0) is 18.3. The van der Waals surface area contributed by atoms with Crippen molar-refractivity contribution in [1.29, 1.82) is 0 Å². The maximum absolute atomic E-state index is 12.5. The minimum atomic E-state index is -3.62. The third kappa shape index (κ3) is 3.12. The van der Waals surface area contributed by atoms with Gasteiger partial charge in [0.25, 0.3) is 0 Å². The first kappa shape index (κ1) is 17.5. The summed E-state index contributed by atoms with van der Waals surface area (Å²) in [6.07, 6.45) is 0. The van der Waals surface area contributed by atoms with Crippen LogP contribution >= 0.6 is 11.6 Å². The monoisotopic (exact) mass is 391 g/mol. The number of aromatic nitrogens is 2. The summed E-state index contributed by atoms with van der Waals surface area (Å²) < 4.78 is 35.5. The molecule has 6 nitrogen and oxygen atoms in total. The van der Waals surface area contributed by atoms with Gasteiger partial charge in [-0.3, -0.25) is 0 Å². The highest BCUT2D eigenvalue weighted by atomic mass is 35.5. The Morgan fingerprint density at radius 2 is 2.04 bits per heavy atom. The molecule has 2 aromatic carbocycles. The molecule has 0 fully saturated rings. The van der Waals surface area contributed by atoms with Crippen LogP contribution < -0.4 is 4.72 Å². The van der Waals surface area contributed by atoms with Crippen molar-refractivity contribution < 1.29 is 13.2 Å². The minimum absolute atomic E-state index is 0.160. The molecule has 1 atom stereocenters. The topological polar surface area (TPSA) is 73.2 Å². The maximum Gasteiger partial charge on any atom is 0.240 e. The van der Waals surface area contributed by atoms with Crippen LogP contribution in [0.15, 0.2) is 47.4 Å². The number of halogens is 1. The van der Waals surface area contributed by atoms with E-state index in [0.29, 0.717) is 18.2 Å². The highest BCUT2D eigenvalue weighted by Crippen LogP contribution is 2.27. The molecule has 0 bridgehead atoms. The first-order valence-corrected chi connectivity index (χ1v) is 10.1. The lowest BCUT2D eigenvalue weighted by atomic mass is 10.2. The van der Waals surface area contributed by atoms with Gasteiger partial charge in [0.15, 0.2) is 0 Å². The summed E-state index contributed by atoms with van der Waals surface area (Å²) >= 11 is 5.83. The second-order valence-corrected chi connectivity index (χ2v) is 8.52. The predicted octanol–water partition coefficient (Wildman–Crippen LogP) is 3.05. The normalized spacial score (nSPS) is 17.4. The molecule has 1 aromatic heterocycles. The molecule has 1 N–H and O–H groups in total. The van der Waals surface area contributed by atoms with Gasteiger partial charge in [-0.2, -0.15) is 0 Å². The Hall–Kier alpha value is -1.93. The van der Waals surface area contributed by atoms with Crippen LogP contribution in [0.25, 0.3) is 11.0 Å². The number of para-hydroxylation sites is 1. The summed E-state index contributed by atoms with van der Waals surface area (Å²) in [6.45, 7) is 3.09. The summed E-state index contributed by atoms with van der Waals surface area (Å²) in [5, 5.41) is 0.495. The van der Waals surface area contributed by atoms with Crippen molar-refractivity contribution in [3.8, 4) is 0 Å². The number of nitrogens with one attached hydrogen (secondary N) is 1. The van der Waals surface area contributed by atoms with Crippen LogP contribution in [0.5, 0.6) is 0 Å². The third-order valence-electron chi connectivity index (χ3n) is 4.53. The van der Waals surface area contributed by atoms with Gasteiger partial charge in [0.1, 0.15) is 12.4 Å². The standard InChI is InChI=1S/C18H18ClN3O3S/c1-12-3-2-4-16-18(12)21-17-11-25-10-14(22(16)17)9-20-26(23,24)15-7-5-13(19)6-8-15/h2-8,14,20H,9-11H2,1H3/t14-/m0/s1. The van der Waals surface area contributed by atoms with Gasteiger partial charge >= 0.3 is 0 Å². The second kappa shape index (κ2) is 6.66. The van der Waals surface area contributed by atoms with Crippen molar-refractivity contribution in [2.75, 3.05) is 13.2 Å². The molecule has 3 aromatic rings. The lowest BCUT2D eigenvalue weighted by Crippen LogP contribution is -2.35. The summed E-state index contributed by atoms with van der Waals surface area (Å²) in [5.74, 6) is 0.816. The molecule has 0 unspecified atom stereocenters. The van der Waals surface area contributed by atoms with E-state index >= 15 is 0 Å². The smallest absolute Gasteiger partial charge is 0.240 e. The number of fused-ring (bicyclic) bond motifs is 3. The number of benzene rings is 2. The Balaban J connectivity index is 1.62. The predicted molar refractivity (Wildman–Crippen MR) is 99.8 cm³/mol. The molecule has 26 heavy (non-hydrogen) atoms. The van der Waals surface area contributed by atoms with Crippen molar-refractivity contribution >= 4 is 32.7 Å². The van der Waals surface area contributed by atoms with Gasteiger partial charge in [0, 0.05) is 11.6 Å². The highest BCUT2D eigenvalue weighted by Gasteiger charge is 2.26. The Bertz CT molecular complexity index is 1060. The third-order valence-corrected chi connectivity index (χ3v) is 6.23. The molecular weight excluding hydrogens is 374 g/mol. The molecule has 2 heterocycles. The fraction of sp³-hybridized carbons (Fsp3) is 0.278. The van der Waals surface area contributed by atoms with E-state index < -0.39 is 10.0 Å². The largest absolute Gasteiger partial charge is 0.371 e. The van der Waals surface area contributed by atoms with Gasteiger partial charge in [-0.05, 0) is 42.8 Å². The summed E-state index contributed by atoms with van der Waals surface area (Å²) in [5.41, 5.74) is 3.02. The molecule has 0 spiro atoms. The summed E-state index contributed by atoms with van der Waals surface area (Å²) in [4.78, 5) is 4.85. The highest BCUT2D eigenvalue weighted by molar-refractivity contribution is 7.89. The number of rotatable bonds is 4. The van der Waals surface area contributed by atoms with Gasteiger partial charge in [-0.25, -0.2) is 18.1 Å². The first-order chi connectivity index (χ1) is 12.5. The van der Waals surface area contributed by atoms with Crippen molar-refractivity contribution in [2.24, 2.45) is 0 Å². The molecule has 4 rings (SSSR count). The van der Waals surface area contributed by atoms with Crippen molar-refractivity contribution in [2.45, 2.75) is 24.5 Å². The van der Waals surface area contributed by atoms with Crippen LogP contribution in [0.2, 0.25) is 5.02 Å². The second-order valence-electron chi connectivity index (χ2n) is 6.32. The number of sulfonamides is 1. The van der Waals surface area contributed by atoms with E-state index in [1.165, 1.54) is 12.1 Å². The lowest BCUT2D eigenvalue weighted by Gasteiger charge is -2.26. The van der Waals surface area contributed by atoms with Crippen LogP contribution in [0.3, 0.4) is 0 Å². The molecule has 0 saturated heterocycles. The van der Waals surface area contributed by atoms with Crippen LogP contribution in [-0.2, 0) is 21.4 Å². The fourth-order valence-electron chi connectivity index (χ4n) is 3.23. The van der Waals surface area contributed by atoms with Gasteiger partial charge < -0.3 is 9.30 Å². The van der Waals surface area contributed by atoms with E-state index in [4.69, 9.17) is 16.3 Å². The van der Waals surface area contributed by atoms with Gasteiger partial charge in [-0.1, -0.05) is 23.7 Å². The zero-order valence-corrected chi connectivity index (χ0v) is 15.7. The number of imidazole rings is 1. The van der Waals surface area contributed by atoms with Crippen LogP contribution in [-0.4, -0.2) is 31.1 Å². The molecule has 1 aliphatic rings. The fourth-order valence-corrected chi connectivity index (χ4v) is 4.43. The Morgan fingerprint density at radius 3 is 2.81 bits per heavy atom. The molecule has 8 heteroatoms. The molecule has 0 aliphatic carbocycles. The van der Waals surface area contributed by atoms with Gasteiger partial charge in [0.05, 0.1) is 28.6 Å². The van der Waals surface area contributed by atoms with Gasteiger partial charge in [0.2, 0.25) is 10.0 Å². The molecule has 0 amide bonds. The zero-order valence-electron chi connectivity index (χ0n) is 14.1. The molecule has 0 radical (unpaired) electrons. The number of aryl methyl sites for hydroxylation is 1. The molecule has 1 aliphatic heterocycles. The quantitative estimate of drug-likeness (QED) is 0.741. The number of hydrogen-bond acceptors (Lipinski definition) is 4. The molecular formula is C18H18ClN3O3S. The van der Waals surface area contributed by atoms with Crippen LogP contribution in [0, 0.1) is 6.92 Å². The number of hydrogen-bond donors (Lipinski definition) is 1.